The number of amides is 1. The van der Waals surface area contributed by atoms with Crippen molar-refractivity contribution in [3.63, 3.8) is 0 Å². The minimum atomic E-state index is -1.18. The van der Waals surface area contributed by atoms with Gasteiger partial charge >= 0.3 is 5.97 Å². The molecule has 0 aliphatic heterocycles. The van der Waals surface area contributed by atoms with Gasteiger partial charge in [-0.05, 0) is 6.07 Å². The van der Waals surface area contributed by atoms with Gasteiger partial charge < -0.3 is 10.8 Å². The fourth-order valence-electron chi connectivity index (χ4n) is 0.900. The molecule has 0 aliphatic rings. The first-order chi connectivity index (χ1) is 7.50. The number of nitrogens with two attached hydrogens (primary N) is 1. The van der Waals surface area contributed by atoms with Crippen LogP contribution in [0.5, 0.6) is 0 Å². The van der Waals surface area contributed by atoms with E-state index in [4.69, 9.17) is 22.4 Å². The molecule has 1 heterocycles. The average molecular weight is 239 g/mol. The Kier molecular flexibility index (Phi) is 3.86. The number of hydrogen-bond donors (Lipinski definition) is 2. The maximum absolute atomic E-state index is 10.7. The third kappa shape index (κ3) is 3.26. The first kappa shape index (κ1) is 12.0. The van der Waals surface area contributed by atoms with Crippen molar-refractivity contribution in [1.82, 2.24) is 4.98 Å². The zero-order chi connectivity index (χ0) is 12.1. The van der Waals surface area contributed by atoms with Gasteiger partial charge in [0.15, 0.2) is 0 Å². The van der Waals surface area contributed by atoms with Gasteiger partial charge in [0.05, 0.1) is 12.0 Å². The van der Waals surface area contributed by atoms with Crippen molar-refractivity contribution in [2.24, 2.45) is 5.73 Å². The predicted octanol–water partition coefficient (Wildman–Crippen LogP) is 0.660. The second kappa shape index (κ2) is 5.14. The topological polar surface area (TPSA) is 93.3 Å². The Bertz CT molecular complexity index is 503. The number of rotatable bonds is 2. The summed E-state index contributed by atoms with van der Waals surface area (Å²) >= 11 is 5.56. The van der Waals surface area contributed by atoms with Gasteiger partial charge in [-0.1, -0.05) is 23.4 Å². The van der Waals surface area contributed by atoms with E-state index in [1.807, 2.05) is 0 Å². The summed E-state index contributed by atoms with van der Waals surface area (Å²) in [5.41, 5.74) is 5.12. The molecule has 0 unspecified atom stereocenters. The molecule has 0 bridgehead atoms. The standard InChI is InChI=1S/C10H7ClN2O3/c11-9-7(10(15)16)4-6(5-13-9)2-1-3-8(12)14/h4-5H,3H2,(H2,12,14)(H,15,16). The Balaban J connectivity index is 2.98. The Morgan fingerprint density at radius 2 is 2.25 bits per heavy atom. The van der Waals surface area contributed by atoms with Crippen molar-refractivity contribution >= 4 is 23.5 Å². The number of carboxylic acids is 1. The summed E-state index contributed by atoms with van der Waals surface area (Å²) in [6, 6.07) is 1.28. The molecule has 3 N–H and O–H groups in total. The summed E-state index contributed by atoms with van der Waals surface area (Å²) in [6.07, 6.45) is 1.23. The third-order valence-electron chi connectivity index (χ3n) is 1.56. The lowest BCUT2D eigenvalue weighted by Crippen LogP contribution is -2.08. The molecule has 16 heavy (non-hydrogen) atoms. The number of aromatic carboxylic acids is 1. The summed E-state index contributed by atoms with van der Waals surface area (Å²) in [7, 11) is 0. The molecule has 1 aromatic rings. The van der Waals surface area contributed by atoms with Crippen molar-refractivity contribution in [1.29, 1.82) is 0 Å². The van der Waals surface area contributed by atoms with E-state index in [0.29, 0.717) is 5.56 Å². The zero-order valence-electron chi connectivity index (χ0n) is 8.03. The SMILES string of the molecule is NC(=O)CC#Cc1cnc(Cl)c(C(=O)O)c1. The van der Waals surface area contributed by atoms with E-state index in [2.05, 4.69) is 16.8 Å². The Morgan fingerprint density at radius 3 is 2.81 bits per heavy atom. The van der Waals surface area contributed by atoms with Crippen molar-refractivity contribution in [3.8, 4) is 11.8 Å². The molecule has 0 fully saturated rings. The van der Waals surface area contributed by atoms with E-state index < -0.39 is 11.9 Å². The molecule has 82 valence electrons. The second-order valence-corrected chi connectivity index (χ2v) is 3.17. The van der Waals surface area contributed by atoms with Crippen LogP contribution in [0.2, 0.25) is 5.15 Å². The maximum Gasteiger partial charge on any atom is 0.338 e. The van der Waals surface area contributed by atoms with Gasteiger partial charge in [-0.25, -0.2) is 9.78 Å². The summed E-state index contributed by atoms with van der Waals surface area (Å²) < 4.78 is 0. The lowest BCUT2D eigenvalue weighted by atomic mass is 10.2. The van der Waals surface area contributed by atoms with Crippen LogP contribution < -0.4 is 5.73 Å². The molecule has 0 aromatic carbocycles. The van der Waals surface area contributed by atoms with Gasteiger partial charge in [-0.3, -0.25) is 4.79 Å². The van der Waals surface area contributed by atoms with Crippen LogP contribution in [0.3, 0.4) is 0 Å². The molecule has 1 amide bonds. The van der Waals surface area contributed by atoms with E-state index in [1.165, 1.54) is 12.3 Å². The molecule has 5 nitrogen and oxygen atoms in total. The number of primary amides is 1. The number of carbonyl (C=O) groups excluding carboxylic acids is 1. The largest absolute Gasteiger partial charge is 0.478 e. The van der Waals surface area contributed by atoms with Crippen molar-refractivity contribution < 1.29 is 14.7 Å². The van der Waals surface area contributed by atoms with E-state index in [0.717, 1.165) is 0 Å². The van der Waals surface area contributed by atoms with Gasteiger partial charge in [-0.15, -0.1) is 0 Å². The first-order valence-electron chi connectivity index (χ1n) is 4.16. The monoisotopic (exact) mass is 238 g/mol. The molecule has 0 radical (unpaired) electrons. The van der Waals surface area contributed by atoms with Gasteiger partial charge in [0, 0.05) is 11.8 Å². The molecular weight excluding hydrogens is 232 g/mol. The smallest absolute Gasteiger partial charge is 0.338 e. The molecule has 0 saturated carbocycles. The molecule has 1 aromatic heterocycles. The molecule has 1 rings (SSSR count). The van der Waals surface area contributed by atoms with E-state index >= 15 is 0 Å². The lowest BCUT2D eigenvalue weighted by Gasteiger charge is -1.97. The summed E-state index contributed by atoms with van der Waals surface area (Å²) in [6.45, 7) is 0. The predicted molar refractivity (Wildman–Crippen MR) is 56.9 cm³/mol. The Hall–Kier alpha value is -2.06. The van der Waals surface area contributed by atoms with Crippen LogP contribution in [0, 0.1) is 11.8 Å². The van der Waals surface area contributed by atoms with Crippen LogP contribution in [0.1, 0.15) is 22.3 Å². The van der Waals surface area contributed by atoms with Crippen LogP contribution in [0.25, 0.3) is 0 Å². The van der Waals surface area contributed by atoms with Crippen molar-refractivity contribution in [2.75, 3.05) is 0 Å². The number of halogens is 1. The van der Waals surface area contributed by atoms with Crippen molar-refractivity contribution in [2.45, 2.75) is 6.42 Å². The quantitative estimate of drug-likeness (QED) is 0.585. The molecule has 0 spiro atoms. The maximum atomic E-state index is 10.7. The van der Waals surface area contributed by atoms with Crippen LogP contribution in [0.4, 0.5) is 0 Å². The highest BCUT2D eigenvalue weighted by atomic mass is 35.5. The van der Waals surface area contributed by atoms with Gasteiger partial charge in [0.25, 0.3) is 0 Å². The normalized spacial score (nSPS) is 9.06. The minimum Gasteiger partial charge on any atom is -0.478 e. The number of aromatic nitrogens is 1. The van der Waals surface area contributed by atoms with Gasteiger partial charge in [0.1, 0.15) is 5.15 Å². The van der Waals surface area contributed by atoms with Crippen LogP contribution in [-0.4, -0.2) is 22.0 Å². The fraction of sp³-hybridized carbons (Fsp3) is 0.100. The number of carboxylic acid groups (broad SMARTS) is 1. The van der Waals surface area contributed by atoms with Crippen LogP contribution in [0.15, 0.2) is 12.3 Å². The Morgan fingerprint density at radius 1 is 1.56 bits per heavy atom. The first-order valence-corrected chi connectivity index (χ1v) is 4.54. The molecular formula is C10H7ClN2O3. The van der Waals surface area contributed by atoms with Crippen LogP contribution >= 0.6 is 11.6 Å². The summed E-state index contributed by atoms with van der Waals surface area (Å²) in [4.78, 5) is 24.8. The minimum absolute atomic E-state index is 0.0922. The van der Waals surface area contributed by atoms with E-state index in [9.17, 15) is 9.59 Å². The molecule has 0 atom stereocenters. The highest BCUT2D eigenvalue weighted by Gasteiger charge is 2.09. The Labute approximate surface area is 96.2 Å². The average Bonchev–Trinajstić information content (AvgIpc) is 2.19. The lowest BCUT2D eigenvalue weighted by molar-refractivity contribution is -0.117. The zero-order valence-corrected chi connectivity index (χ0v) is 8.78. The van der Waals surface area contributed by atoms with Gasteiger partial charge in [0.2, 0.25) is 5.91 Å². The fourth-order valence-corrected chi connectivity index (χ4v) is 1.08. The molecule has 6 heteroatoms. The van der Waals surface area contributed by atoms with Gasteiger partial charge in [-0.2, -0.15) is 0 Å². The van der Waals surface area contributed by atoms with E-state index in [-0.39, 0.29) is 17.1 Å². The number of pyridine rings is 1. The third-order valence-corrected chi connectivity index (χ3v) is 1.87. The summed E-state index contributed by atoms with van der Waals surface area (Å²) in [5.74, 6) is 3.32. The highest BCUT2D eigenvalue weighted by molar-refractivity contribution is 6.32. The molecule has 0 saturated heterocycles. The van der Waals surface area contributed by atoms with Crippen LogP contribution in [-0.2, 0) is 4.79 Å². The number of carbonyl (C=O) groups is 2. The van der Waals surface area contributed by atoms with Crippen molar-refractivity contribution in [3.05, 3.63) is 28.5 Å². The highest BCUT2D eigenvalue weighted by Crippen LogP contribution is 2.13. The summed E-state index contributed by atoms with van der Waals surface area (Å²) in [5, 5.41) is 8.65. The molecule has 0 aliphatic carbocycles. The van der Waals surface area contributed by atoms with E-state index in [1.54, 1.807) is 0 Å². The number of hydrogen-bond acceptors (Lipinski definition) is 3. The number of nitrogens with zero attached hydrogens (tertiary/aromatic N) is 1. The second-order valence-electron chi connectivity index (χ2n) is 2.81.